The van der Waals surface area contributed by atoms with Gasteiger partial charge in [0.05, 0.1) is 18.2 Å². The van der Waals surface area contributed by atoms with E-state index in [1.165, 1.54) is 12.1 Å². The molecule has 0 radical (unpaired) electrons. The van der Waals surface area contributed by atoms with Crippen molar-refractivity contribution in [3.8, 4) is 17.1 Å². The van der Waals surface area contributed by atoms with Crippen LogP contribution >= 0.6 is 0 Å². The molecule has 22 heavy (non-hydrogen) atoms. The molecule has 112 valence electrons. The fourth-order valence-electron chi connectivity index (χ4n) is 2.38. The molecule has 0 N–H and O–H groups in total. The van der Waals surface area contributed by atoms with Crippen molar-refractivity contribution in [3.05, 3.63) is 48.3 Å². The minimum absolute atomic E-state index is 0.348. The lowest BCUT2D eigenvalue weighted by Gasteiger charge is -2.16. The smallest absolute Gasteiger partial charge is 0.165 e. The van der Waals surface area contributed by atoms with Crippen LogP contribution in [0.2, 0.25) is 0 Å². The summed E-state index contributed by atoms with van der Waals surface area (Å²) in [6, 6.07) is 12.1. The largest absolute Gasteiger partial charge is 0.496 e. The van der Waals surface area contributed by atoms with Gasteiger partial charge in [0.25, 0.3) is 0 Å². The number of rotatable bonds is 3. The molecular formula is C17H16FN3O. The van der Waals surface area contributed by atoms with Crippen molar-refractivity contribution in [1.82, 2.24) is 9.97 Å². The molecule has 0 atom stereocenters. The summed E-state index contributed by atoms with van der Waals surface area (Å²) in [5.41, 5.74) is 1.35. The SMILES string of the molecule is COc1ccc(F)cc1-c1nc(N(C)C)c2ccccc2n1. The number of methoxy groups -OCH3 is 1. The quantitative estimate of drug-likeness (QED) is 0.741. The number of hydrogen-bond donors (Lipinski definition) is 0. The summed E-state index contributed by atoms with van der Waals surface area (Å²) in [6.45, 7) is 0. The number of fused-ring (bicyclic) bond motifs is 1. The fraction of sp³-hybridized carbons (Fsp3) is 0.176. The predicted molar refractivity (Wildman–Crippen MR) is 85.8 cm³/mol. The van der Waals surface area contributed by atoms with Crippen LogP contribution in [0.5, 0.6) is 5.75 Å². The second-order valence-corrected chi connectivity index (χ2v) is 5.13. The molecule has 4 nitrogen and oxygen atoms in total. The molecule has 5 heteroatoms. The van der Waals surface area contributed by atoms with Crippen LogP contribution in [0, 0.1) is 5.82 Å². The van der Waals surface area contributed by atoms with Crippen LogP contribution in [-0.2, 0) is 0 Å². The molecule has 0 saturated heterocycles. The summed E-state index contributed by atoms with van der Waals surface area (Å²) >= 11 is 0. The zero-order valence-corrected chi connectivity index (χ0v) is 12.7. The highest BCUT2D eigenvalue weighted by Gasteiger charge is 2.14. The third-order valence-corrected chi connectivity index (χ3v) is 3.41. The van der Waals surface area contributed by atoms with E-state index in [1.807, 2.05) is 43.3 Å². The molecule has 3 aromatic rings. The first-order chi connectivity index (χ1) is 10.6. The van der Waals surface area contributed by atoms with Gasteiger partial charge in [-0.1, -0.05) is 12.1 Å². The Balaban J connectivity index is 2.30. The molecule has 3 rings (SSSR count). The maximum Gasteiger partial charge on any atom is 0.165 e. The minimum atomic E-state index is -0.348. The van der Waals surface area contributed by atoms with Gasteiger partial charge in [0.1, 0.15) is 17.4 Å². The molecular weight excluding hydrogens is 281 g/mol. The van der Waals surface area contributed by atoms with Crippen LogP contribution in [0.4, 0.5) is 10.2 Å². The van der Waals surface area contributed by atoms with Crippen LogP contribution in [0.1, 0.15) is 0 Å². The molecule has 2 aromatic carbocycles. The number of nitrogens with zero attached hydrogens (tertiary/aromatic N) is 3. The summed E-state index contributed by atoms with van der Waals surface area (Å²) in [5.74, 6) is 1.42. The maximum atomic E-state index is 13.6. The summed E-state index contributed by atoms with van der Waals surface area (Å²) < 4.78 is 18.9. The molecule has 0 amide bonds. The van der Waals surface area contributed by atoms with Gasteiger partial charge in [-0.2, -0.15) is 0 Å². The molecule has 0 unspecified atom stereocenters. The summed E-state index contributed by atoms with van der Waals surface area (Å²) in [6.07, 6.45) is 0. The third kappa shape index (κ3) is 2.45. The molecule has 0 fully saturated rings. The van der Waals surface area contributed by atoms with E-state index in [2.05, 4.69) is 9.97 Å². The van der Waals surface area contributed by atoms with Crippen LogP contribution in [-0.4, -0.2) is 31.2 Å². The highest BCUT2D eigenvalue weighted by atomic mass is 19.1. The average molecular weight is 297 g/mol. The van der Waals surface area contributed by atoms with E-state index in [9.17, 15) is 4.39 Å². The van der Waals surface area contributed by atoms with Crippen molar-refractivity contribution in [2.45, 2.75) is 0 Å². The Labute approximate surface area is 128 Å². The number of benzene rings is 2. The molecule has 1 heterocycles. The zero-order chi connectivity index (χ0) is 15.7. The van der Waals surface area contributed by atoms with E-state index < -0.39 is 0 Å². The van der Waals surface area contributed by atoms with E-state index in [4.69, 9.17) is 4.74 Å². The second-order valence-electron chi connectivity index (χ2n) is 5.13. The molecule has 0 saturated carbocycles. The lowest BCUT2D eigenvalue weighted by molar-refractivity contribution is 0.415. The van der Waals surface area contributed by atoms with Gasteiger partial charge in [-0.25, -0.2) is 14.4 Å². The van der Waals surface area contributed by atoms with Gasteiger partial charge in [-0.3, -0.25) is 0 Å². The monoisotopic (exact) mass is 297 g/mol. The van der Waals surface area contributed by atoms with Gasteiger partial charge >= 0.3 is 0 Å². The Hall–Kier alpha value is -2.69. The van der Waals surface area contributed by atoms with Crippen molar-refractivity contribution >= 4 is 16.7 Å². The van der Waals surface area contributed by atoms with Crippen LogP contribution in [0.3, 0.4) is 0 Å². The number of aromatic nitrogens is 2. The van der Waals surface area contributed by atoms with Crippen LogP contribution in [0.25, 0.3) is 22.3 Å². The first-order valence-corrected chi connectivity index (χ1v) is 6.88. The first kappa shape index (κ1) is 14.3. The van der Waals surface area contributed by atoms with Crippen LogP contribution in [0.15, 0.2) is 42.5 Å². The highest BCUT2D eigenvalue weighted by molar-refractivity contribution is 5.91. The number of hydrogen-bond acceptors (Lipinski definition) is 4. The van der Waals surface area contributed by atoms with E-state index in [-0.39, 0.29) is 5.82 Å². The lowest BCUT2D eigenvalue weighted by atomic mass is 10.1. The van der Waals surface area contributed by atoms with Crippen molar-refractivity contribution < 1.29 is 9.13 Å². The van der Waals surface area contributed by atoms with Crippen LogP contribution < -0.4 is 9.64 Å². The molecule has 0 aliphatic heterocycles. The number of para-hydroxylation sites is 1. The highest BCUT2D eigenvalue weighted by Crippen LogP contribution is 2.32. The normalized spacial score (nSPS) is 10.7. The topological polar surface area (TPSA) is 38.2 Å². The molecule has 1 aromatic heterocycles. The Bertz CT molecular complexity index is 833. The van der Waals surface area contributed by atoms with Gasteiger partial charge in [-0.15, -0.1) is 0 Å². The second kappa shape index (κ2) is 5.60. The Morgan fingerprint density at radius 3 is 2.55 bits per heavy atom. The van der Waals surface area contributed by atoms with E-state index >= 15 is 0 Å². The molecule has 0 spiro atoms. The maximum absolute atomic E-state index is 13.6. The number of ether oxygens (including phenoxy) is 1. The van der Waals surface area contributed by atoms with E-state index in [0.29, 0.717) is 17.1 Å². The van der Waals surface area contributed by atoms with Crippen molar-refractivity contribution in [2.24, 2.45) is 0 Å². The van der Waals surface area contributed by atoms with Crippen molar-refractivity contribution in [3.63, 3.8) is 0 Å². The Morgan fingerprint density at radius 1 is 1.05 bits per heavy atom. The Kier molecular flexibility index (Phi) is 3.63. The summed E-state index contributed by atoms with van der Waals surface area (Å²) in [4.78, 5) is 11.1. The predicted octanol–water partition coefficient (Wildman–Crippen LogP) is 3.51. The van der Waals surface area contributed by atoms with E-state index in [0.717, 1.165) is 16.7 Å². The van der Waals surface area contributed by atoms with Gasteiger partial charge in [0.2, 0.25) is 0 Å². The van der Waals surface area contributed by atoms with Gasteiger partial charge < -0.3 is 9.64 Å². The van der Waals surface area contributed by atoms with Gasteiger partial charge in [-0.05, 0) is 30.3 Å². The molecule has 0 aliphatic carbocycles. The number of anilines is 1. The summed E-state index contributed by atoms with van der Waals surface area (Å²) in [7, 11) is 5.38. The van der Waals surface area contributed by atoms with Crippen molar-refractivity contribution in [1.29, 1.82) is 0 Å². The van der Waals surface area contributed by atoms with Gasteiger partial charge in [0, 0.05) is 19.5 Å². The zero-order valence-electron chi connectivity index (χ0n) is 12.7. The first-order valence-electron chi connectivity index (χ1n) is 6.88. The average Bonchev–Trinajstić information content (AvgIpc) is 2.53. The van der Waals surface area contributed by atoms with Gasteiger partial charge in [0.15, 0.2) is 5.82 Å². The molecule has 0 bridgehead atoms. The standard InChI is InChI=1S/C17H16FN3O/c1-21(2)17-12-6-4-5-7-14(12)19-16(20-17)13-10-11(18)8-9-15(13)22-3/h4-10H,1-3H3. The van der Waals surface area contributed by atoms with E-state index in [1.54, 1.807) is 13.2 Å². The minimum Gasteiger partial charge on any atom is -0.496 e. The fourth-order valence-corrected chi connectivity index (χ4v) is 2.38. The number of halogens is 1. The Morgan fingerprint density at radius 2 is 1.82 bits per heavy atom. The van der Waals surface area contributed by atoms with Crippen molar-refractivity contribution in [2.75, 3.05) is 26.1 Å². The molecule has 0 aliphatic rings. The summed E-state index contributed by atoms with van der Waals surface area (Å²) in [5, 5.41) is 0.951. The third-order valence-electron chi connectivity index (χ3n) is 3.41. The lowest BCUT2D eigenvalue weighted by Crippen LogP contribution is -2.12.